The summed E-state index contributed by atoms with van der Waals surface area (Å²) in [5.74, 6) is 0.472. The minimum atomic E-state index is -0.438. The molecule has 1 fully saturated rings. The summed E-state index contributed by atoms with van der Waals surface area (Å²) in [6, 6.07) is 15.4. The lowest BCUT2D eigenvalue weighted by molar-refractivity contribution is -0.135. The lowest BCUT2D eigenvalue weighted by atomic mass is 10.2. The first-order chi connectivity index (χ1) is 14.6. The quantitative estimate of drug-likeness (QED) is 0.516. The molecule has 0 saturated carbocycles. The Bertz CT molecular complexity index is 890. The Hall–Kier alpha value is -3.48. The van der Waals surface area contributed by atoms with E-state index in [2.05, 4.69) is 21.8 Å². The van der Waals surface area contributed by atoms with Crippen LogP contribution >= 0.6 is 0 Å². The van der Waals surface area contributed by atoms with E-state index in [0.29, 0.717) is 24.6 Å². The van der Waals surface area contributed by atoms with Crippen LogP contribution in [-0.4, -0.2) is 63.8 Å². The van der Waals surface area contributed by atoms with Crippen molar-refractivity contribution in [1.29, 1.82) is 0 Å². The van der Waals surface area contributed by atoms with E-state index < -0.39 is 5.97 Å². The molecule has 158 valence electrons. The summed E-state index contributed by atoms with van der Waals surface area (Å²) in [6.07, 6.45) is 2.95. The Morgan fingerprint density at radius 3 is 2.37 bits per heavy atom. The number of piperazine rings is 1. The van der Waals surface area contributed by atoms with Crippen LogP contribution in [0.5, 0.6) is 11.5 Å². The van der Waals surface area contributed by atoms with Gasteiger partial charge in [-0.05, 0) is 35.9 Å². The zero-order valence-corrected chi connectivity index (χ0v) is 17.2. The minimum Gasteiger partial charge on any atom is -0.493 e. The predicted molar refractivity (Wildman–Crippen MR) is 115 cm³/mol. The van der Waals surface area contributed by atoms with Gasteiger partial charge in [0, 0.05) is 37.9 Å². The van der Waals surface area contributed by atoms with E-state index in [-0.39, 0.29) is 12.5 Å². The van der Waals surface area contributed by atoms with Gasteiger partial charge in [-0.1, -0.05) is 24.3 Å². The van der Waals surface area contributed by atoms with E-state index in [1.54, 1.807) is 24.3 Å². The number of para-hydroxylation sites is 1. The molecule has 1 amide bonds. The largest absolute Gasteiger partial charge is 0.493 e. The summed E-state index contributed by atoms with van der Waals surface area (Å²) in [6.45, 7) is 2.84. The number of carbonyl (C=O) groups is 2. The minimum absolute atomic E-state index is 0.0561. The smallest absolute Gasteiger partial charge is 0.330 e. The van der Waals surface area contributed by atoms with Crippen molar-refractivity contribution >= 4 is 23.6 Å². The van der Waals surface area contributed by atoms with Crippen molar-refractivity contribution < 1.29 is 23.8 Å². The second kappa shape index (κ2) is 10.3. The highest BCUT2D eigenvalue weighted by Gasteiger charge is 2.22. The van der Waals surface area contributed by atoms with Crippen LogP contribution in [0.3, 0.4) is 0 Å². The van der Waals surface area contributed by atoms with Gasteiger partial charge in [0.25, 0.3) is 5.91 Å². The second-order valence-electron chi connectivity index (χ2n) is 6.76. The van der Waals surface area contributed by atoms with Crippen molar-refractivity contribution in [2.45, 2.75) is 0 Å². The number of hydrogen-bond acceptors (Lipinski definition) is 6. The Labute approximate surface area is 176 Å². The highest BCUT2D eigenvalue weighted by Crippen LogP contribution is 2.28. The first-order valence-electron chi connectivity index (χ1n) is 9.75. The predicted octanol–water partition coefficient (Wildman–Crippen LogP) is 2.61. The van der Waals surface area contributed by atoms with E-state index in [0.717, 1.165) is 18.7 Å². The molecule has 0 unspecified atom stereocenters. The Morgan fingerprint density at radius 1 is 0.967 bits per heavy atom. The number of amides is 1. The molecule has 0 aromatic heterocycles. The third kappa shape index (κ3) is 5.53. The van der Waals surface area contributed by atoms with Gasteiger partial charge in [0.15, 0.2) is 18.1 Å². The SMILES string of the molecule is COC(=O)/C=C\c1ccc(OCC(=O)N2CCN(c3ccccc3)CC2)c(OC)c1. The van der Waals surface area contributed by atoms with Gasteiger partial charge < -0.3 is 24.0 Å². The molecule has 2 aromatic carbocycles. The molecule has 2 aromatic rings. The van der Waals surface area contributed by atoms with Gasteiger partial charge in [0.05, 0.1) is 14.2 Å². The molecule has 0 aliphatic carbocycles. The fourth-order valence-electron chi connectivity index (χ4n) is 3.22. The number of rotatable bonds is 7. The molecule has 7 nitrogen and oxygen atoms in total. The van der Waals surface area contributed by atoms with Crippen molar-refractivity contribution in [3.8, 4) is 11.5 Å². The van der Waals surface area contributed by atoms with Crippen LogP contribution in [0.4, 0.5) is 5.69 Å². The molecule has 1 aliphatic heterocycles. The van der Waals surface area contributed by atoms with Gasteiger partial charge in [0.2, 0.25) is 0 Å². The highest BCUT2D eigenvalue weighted by atomic mass is 16.5. The molecule has 7 heteroatoms. The summed E-state index contributed by atoms with van der Waals surface area (Å²) in [4.78, 5) is 27.9. The number of benzene rings is 2. The first-order valence-corrected chi connectivity index (χ1v) is 9.75. The lowest BCUT2D eigenvalue weighted by Crippen LogP contribution is -2.50. The Morgan fingerprint density at radius 2 is 1.70 bits per heavy atom. The van der Waals surface area contributed by atoms with Crippen molar-refractivity contribution in [2.75, 3.05) is 51.9 Å². The standard InChI is InChI=1S/C23H26N2O5/c1-28-21-16-18(9-11-23(27)29-2)8-10-20(21)30-17-22(26)25-14-12-24(13-15-25)19-6-4-3-5-7-19/h3-11,16H,12-15,17H2,1-2H3/b11-9-. The molecule has 0 bridgehead atoms. The number of ether oxygens (including phenoxy) is 3. The molecule has 1 heterocycles. The number of anilines is 1. The van der Waals surface area contributed by atoms with E-state index in [1.165, 1.54) is 26.0 Å². The number of methoxy groups -OCH3 is 2. The maximum Gasteiger partial charge on any atom is 0.330 e. The van der Waals surface area contributed by atoms with Gasteiger partial charge in [-0.15, -0.1) is 0 Å². The summed E-state index contributed by atoms with van der Waals surface area (Å²) in [5, 5.41) is 0. The number of hydrogen-bond donors (Lipinski definition) is 0. The molecule has 0 atom stereocenters. The van der Waals surface area contributed by atoms with E-state index >= 15 is 0 Å². The highest BCUT2D eigenvalue weighted by molar-refractivity contribution is 5.87. The third-order valence-corrected chi connectivity index (χ3v) is 4.91. The second-order valence-corrected chi connectivity index (χ2v) is 6.76. The maximum atomic E-state index is 12.6. The van der Waals surface area contributed by atoms with Gasteiger partial charge in [-0.3, -0.25) is 4.79 Å². The molecule has 0 spiro atoms. The lowest BCUT2D eigenvalue weighted by Gasteiger charge is -2.36. The number of esters is 1. The molecule has 0 N–H and O–H groups in total. The Balaban J connectivity index is 1.53. The van der Waals surface area contributed by atoms with Gasteiger partial charge >= 0.3 is 5.97 Å². The topological polar surface area (TPSA) is 68.3 Å². The average molecular weight is 410 g/mol. The molecule has 1 aliphatic rings. The van der Waals surface area contributed by atoms with Crippen LogP contribution in [0.15, 0.2) is 54.6 Å². The molecule has 1 saturated heterocycles. The van der Waals surface area contributed by atoms with Crippen LogP contribution in [0, 0.1) is 0 Å². The Kier molecular flexibility index (Phi) is 7.32. The summed E-state index contributed by atoms with van der Waals surface area (Å²) >= 11 is 0. The van der Waals surface area contributed by atoms with Crippen molar-refractivity contribution in [1.82, 2.24) is 4.90 Å². The summed E-state index contributed by atoms with van der Waals surface area (Å²) < 4.78 is 15.6. The monoisotopic (exact) mass is 410 g/mol. The zero-order chi connectivity index (χ0) is 21.3. The average Bonchev–Trinajstić information content (AvgIpc) is 2.81. The van der Waals surface area contributed by atoms with Crippen molar-refractivity contribution in [3.63, 3.8) is 0 Å². The van der Waals surface area contributed by atoms with Crippen molar-refractivity contribution in [3.05, 3.63) is 60.2 Å². The summed E-state index contributed by atoms with van der Waals surface area (Å²) in [5.41, 5.74) is 1.93. The molecule has 30 heavy (non-hydrogen) atoms. The number of nitrogens with zero attached hydrogens (tertiary/aromatic N) is 2. The first kappa shape index (κ1) is 21.2. The van der Waals surface area contributed by atoms with Crippen LogP contribution in [0.25, 0.3) is 6.08 Å². The molecular weight excluding hydrogens is 384 g/mol. The fraction of sp³-hybridized carbons (Fsp3) is 0.304. The van der Waals surface area contributed by atoms with Gasteiger partial charge in [0.1, 0.15) is 0 Å². The molecule has 3 rings (SSSR count). The van der Waals surface area contributed by atoms with E-state index in [1.807, 2.05) is 23.1 Å². The van der Waals surface area contributed by atoms with E-state index in [9.17, 15) is 9.59 Å². The van der Waals surface area contributed by atoms with Crippen LogP contribution < -0.4 is 14.4 Å². The molecular formula is C23H26N2O5. The summed E-state index contributed by atoms with van der Waals surface area (Å²) in [7, 11) is 2.85. The van der Waals surface area contributed by atoms with Crippen LogP contribution in [-0.2, 0) is 14.3 Å². The van der Waals surface area contributed by atoms with Crippen LogP contribution in [0.2, 0.25) is 0 Å². The van der Waals surface area contributed by atoms with E-state index in [4.69, 9.17) is 9.47 Å². The van der Waals surface area contributed by atoms with Crippen LogP contribution in [0.1, 0.15) is 5.56 Å². The number of carbonyl (C=O) groups excluding carboxylic acids is 2. The zero-order valence-electron chi connectivity index (χ0n) is 17.2. The van der Waals surface area contributed by atoms with Gasteiger partial charge in [-0.2, -0.15) is 0 Å². The third-order valence-electron chi connectivity index (χ3n) is 4.91. The maximum absolute atomic E-state index is 12.6. The van der Waals surface area contributed by atoms with Gasteiger partial charge in [-0.25, -0.2) is 4.79 Å². The normalized spacial score (nSPS) is 13.9. The fourth-order valence-corrected chi connectivity index (χ4v) is 3.22. The van der Waals surface area contributed by atoms with Crippen molar-refractivity contribution in [2.24, 2.45) is 0 Å². The molecule has 0 radical (unpaired) electrons.